The van der Waals surface area contributed by atoms with Crippen LogP contribution in [0.15, 0.2) is 0 Å². The summed E-state index contributed by atoms with van der Waals surface area (Å²) in [7, 11) is 0. The first kappa shape index (κ1) is 12.0. The summed E-state index contributed by atoms with van der Waals surface area (Å²) in [5.41, 5.74) is 0. The zero-order chi connectivity index (χ0) is 9.40. The van der Waals surface area contributed by atoms with Crippen LogP contribution in [0.2, 0.25) is 0 Å². The molecule has 0 aliphatic rings. The molecule has 0 nitrogen and oxygen atoms in total. The van der Waals surface area contributed by atoms with Gasteiger partial charge in [-0.1, -0.05) is 66.2 Å². The van der Waals surface area contributed by atoms with Crippen molar-refractivity contribution in [1.29, 1.82) is 0 Å². The number of hydrogen-bond acceptors (Lipinski definition) is 0. The molecule has 0 heterocycles. The molecule has 0 rings (SSSR count). The zero-order valence-corrected chi connectivity index (χ0v) is 9.40. The van der Waals surface area contributed by atoms with Crippen LogP contribution in [0.4, 0.5) is 0 Å². The maximum Gasteiger partial charge on any atom is -0.0443 e. The number of hydrogen-bond donors (Lipinski definition) is 0. The Kier molecular flexibility index (Phi) is 7.64. The van der Waals surface area contributed by atoms with E-state index in [-0.39, 0.29) is 0 Å². The Morgan fingerprint density at radius 1 is 0.833 bits per heavy atom. The predicted molar refractivity (Wildman–Crippen MR) is 57.4 cm³/mol. The molecule has 0 unspecified atom stereocenters. The van der Waals surface area contributed by atoms with Gasteiger partial charge in [-0.3, -0.25) is 0 Å². The minimum Gasteiger partial charge on any atom is -0.0654 e. The fourth-order valence-corrected chi connectivity index (χ4v) is 1.50. The monoisotopic (exact) mass is 170 g/mol. The van der Waals surface area contributed by atoms with Gasteiger partial charge in [0.25, 0.3) is 0 Å². The lowest BCUT2D eigenvalue weighted by molar-refractivity contribution is 0.413. The third-order valence-electron chi connectivity index (χ3n) is 2.54. The first-order chi connectivity index (χ1) is 5.66. The first-order valence-corrected chi connectivity index (χ1v) is 5.66. The van der Waals surface area contributed by atoms with Crippen LogP contribution in [-0.4, -0.2) is 0 Å². The van der Waals surface area contributed by atoms with Gasteiger partial charge in [-0.05, 0) is 11.8 Å². The summed E-state index contributed by atoms with van der Waals surface area (Å²) < 4.78 is 0. The second kappa shape index (κ2) is 7.64. The van der Waals surface area contributed by atoms with Crippen molar-refractivity contribution in [3.63, 3.8) is 0 Å². The molecule has 0 spiro atoms. The predicted octanol–water partition coefficient (Wildman–Crippen LogP) is 4.64. The number of unbranched alkanes of at least 4 members (excludes halogenated alkanes) is 2. The minimum absolute atomic E-state index is 0.888. The summed E-state index contributed by atoms with van der Waals surface area (Å²) in [6, 6.07) is 0. The van der Waals surface area contributed by atoms with Gasteiger partial charge < -0.3 is 0 Å². The lowest BCUT2D eigenvalue weighted by Gasteiger charge is -2.12. The molecule has 0 amide bonds. The average Bonchev–Trinajstić information content (AvgIpc) is 2.01. The quantitative estimate of drug-likeness (QED) is 0.488. The van der Waals surface area contributed by atoms with E-state index in [1.807, 2.05) is 0 Å². The molecule has 1 atom stereocenters. The summed E-state index contributed by atoms with van der Waals surface area (Å²) in [6.07, 6.45) is 8.51. The molecule has 0 aliphatic carbocycles. The van der Waals surface area contributed by atoms with Crippen LogP contribution in [0.3, 0.4) is 0 Å². The van der Waals surface area contributed by atoms with Crippen LogP contribution in [0, 0.1) is 11.8 Å². The largest absolute Gasteiger partial charge is 0.0654 e. The Hall–Kier alpha value is 0. The molecule has 74 valence electrons. The van der Waals surface area contributed by atoms with Gasteiger partial charge in [-0.25, -0.2) is 0 Å². The summed E-state index contributed by atoms with van der Waals surface area (Å²) >= 11 is 0. The molecular formula is C12H26. The molecule has 0 saturated heterocycles. The molecule has 0 N–H and O–H groups in total. The van der Waals surface area contributed by atoms with E-state index in [2.05, 4.69) is 27.7 Å². The van der Waals surface area contributed by atoms with Gasteiger partial charge >= 0.3 is 0 Å². The average molecular weight is 170 g/mol. The molecule has 0 aromatic carbocycles. The van der Waals surface area contributed by atoms with Gasteiger partial charge in [0.05, 0.1) is 0 Å². The van der Waals surface area contributed by atoms with Gasteiger partial charge in [0.15, 0.2) is 0 Å². The molecular weight excluding hydrogens is 144 g/mol. The van der Waals surface area contributed by atoms with Crippen molar-refractivity contribution in [3.8, 4) is 0 Å². The molecule has 0 heteroatoms. The van der Waals surface area contributed by atoms with Crippen molar-refractivity contribution in [3.05, 3.63) is 0 Å². The Bertz CT molecular complexity index is 84.0. The van der Waals surface area contributed by atoms with Crippen LogP contribution < -0.4 is 0 Å². The van der Waals surface area contributed by atoms with Crippen molar-refractivity contribution in [2.75, 3.05) is 0 Å². The van der Waals surface area contributed by atoms with E-state index in [9.17, 15) is 0 Å². The standard InChI is InChI=1S/C12H26/c1-5-6-7-8-12(4)10-9-11(2)3/h11-12H,5-10H2,1-4H3/t12-/m1/s1. The van der Waals surface area contributed by atoms with Crippen LogP contribution in [0.5, 0.6) is 0 Å². The fourth-order valence-electron chi connectivity index (χ4n) is 1.50. The second-order valence-corrected chi connectivity index (χ2v) is 4.57. The highest BCUT2D eigenvalue weighted by molar-refractivity contribution is 4.55. The zero-order valence-electron chi connectivity index (χ0n) is 9.40. The molecule has 0 saturated carbocycles. The van der Waals surface area contributed by atoms with Crippen molar-refractivity contribution in [2.45, 2.75) is 66.2 Å². The van der Waals surface area contributed by atoms with E-state index < -0.39 is 0 Å². The lowest BCUT2D eigenvalue weighted by Crippen LogP contribution is -1.97. The first-order valence-electron chi connectivity index (χ1n) is 5.66. The highest BCUT2D eigenvalue weighted by atomic mass is 14.1. The SMILES string of the molecule is CCCCC[C@@H](C)CCC(C)C. The van der Waals surface area contributed by atoms with Gasteiger partial charge in [0, 0.05) is 0 Å². The van der Waals surface area contributed by atoms with Crippen molar-refractivity contribution in [2.24, 2.45) is 11.8 Å². The van der Waals surface area contributed by atoms with Crippen LogP contribution in [-0.2, 0) is 0 Å². The van der Waals surface area contributed by atoms with Crippen molar-refractivity contribution in [1.82, 2.24) is 0 Å². The molecule has 0 aliphatic heterocycles. The van der Waals surface area contributed by atoms with Crippen molar-refractivity contribution < 1.29 is 0 Å². The highest BCUT2D eigenvalue weighted by Crippen LogP contribution is 2.17. The van der Waals surface area contributed by atoms with Crippen LogP contribution >= 0.6 is 0 Å². The molecule has 0 aromatic rings. The third kappa shape index (κ3) is 8.10. The topological polar surface area (TPSA) is 0 Å². The van der Waals surface area contributed by atoms with Crippen LogP contribution in [0.1, 0.15) is 66.2 Å². The number of rotatable bonds is 7. The fraction of sp³-hybridized carbons (Fsp3) is 1.00. The van der Waals surface area contributed by atoms with Crippen molar-refractivity contribution >= 4 is 0 Å². The van der Waals surface area contributed by atoms with Crippen LogP contribution in [0.25, 0.3) is 0 Å². The third-order valence-corrected chi connectivity index (χ3v) is 2.54. The molecule has 12 heavy (non-hydrogen) atoms. The molecule has 0 radical (unpaired) electrons. The van der Waals surface area contributed by atoms with E-state index in [1.54, 1.807) is 0 Å². The van der Waals surface area contributed by atoms with Gasteiger partial charge in [-0.15, -0.1) is 0 Å². The van der Waals surface area contributed by atoms with Gasteiger partial charge in [0.1, 0.15) is 0 Å². The summed E-state index contributed by atoms with van der Waals surface area (Å²) in [5, 5.41) is 0. The van der Waals surface area contributed by atoms with E-state index in [0.29, 0.717) is 0 Å². The molecule has 0 aromatic heterocycles. The normalized spacial score (nSPS) is 13.8. The Morgan fingerprint density at radius 3 is 2.00 bits per heavy atom. The summed E-state index contributed by atoms with van der Waals surface area (Å²) in [6.45, 7) is 9.31. The Labute approximate surface area is 78.8 Å². The maximum atomic E-state index is 2.40. The maximum absolute atomic E-state index is 2.40. The Morgan fingerprint density at radius 2 is 1.50 bits per heavy atom. The van der Waals surface area contributed by atoms with E-state index in [1.165, 1.54) is 38.5 Å². The molecule has 0 fully saturated rings. The second-order valence-electron chi connectivity index (χ2n) is 4.57. The lowest BCUT2D eigenvalue weighted by atomic mass is 9.95. The van der Waals surface area contributed by atoms with Gasteiger partial charge in [-0.2, -0.15) is 0 Å². The van der Waals surface area contributed by atoms with E-state index >= 15 is 0 Å². The van der Waals surface area contributed by atoms with Gasteiger partial charge in [0.2, 0.25) is 0 Å². The smallest absolute Gasteiger partial charge is 0.0443 e. The minimum atomic E-state index is 0.888. The summed E-state index contributed by atoms with van der Waals surface area (Å²) in [5.74, 6) is 1.84. The van der Waals surface area contributed by atoms with E-state index in [4.69, 9.17) is 0 Å². The highest BCUT2D eigenvalue weighted by Gasteiger charge is 2.02. The Balaban J connectivity index is 3.15. The summed E-state index contributed by atoms with van der Waals surface area (Å²) in [4.78, 5) is 0. The molecule has 0 bridgehead atoms. The van der Waals surface area contributed by atoms with E-state index in [0.717, 1.165) is 11.8 Å².